The summed E-state index contributed by atoms with van der Waals surface area (Å²) < 4.78 is 0. The van der Waals surface area contributed by atoms with Crippen LogP contribution in [0.5, 0.6) is 0 Å². The van der Waals surface area contributed by atoms with E-state index in [1.165, 1.54) is 87.6 Å². The second-order valence-corrected chi connectivity index (χ2v) is 9.67. The van der Waals surface area contributed by atoms with Gasteiger partial charge in [0.1, 0.15) is 0 Å². The number of nitrogens with one attached hydrogen (secondary N) is 1. The smallest absolute Gasteiger partial charge is 0.0712 e. The fourth-order valence-corrected chi connectivity index (χ4v) is 4.56. The highest BCUT2D eigenvalue weighted by Crippen LogP contribution is 2.23. The Labute approximate surface area is 208 Å². The van der Waals surface area contributed by atoms with E-state index >= 15 is 0 Å². The summed E-state index contributed by atoms with van der Waals surface area (Å²) in [4.78, 5) is 7.54. The van der Waals surface area contributed by atoms with Gasteiger partial charge >= 0.3 is 0 Å². The third-order valence-corrected chi connectivity index (χ3v) is 6.67. The number of unbranched alkanes of at least 4 members (excludes halogenated alkanes) is 6. The number of hydrogen-bond donors (Lipinski definition) is 1. The third kappa shape index (κ3) is 9.56. The van der Waals surface area contributed by atoms with E-state index in [4.69, 9.17) is 4.98 Å². The predicted molar refractivity (Wildman–Crippen MR) is 148 cm³/mol. The van der Waals surface area contributed by atoms with Crippen LogP contribution in [-0.2, 0) is 0 Å². The maximum atomic E-state index is 5.00. The summed E-state index contributed by atoms with van der Waals surface area (Å²) in [6.07, 6.45) is 18.9. The minimum absolute atomic E-state index is 0.900. The maximum absolute atomic E-state index is 5.00. The van der Waals surface area contributed by atoms with Gasteiger partial charge in [0.25, 0.3) is 0 Å². The molecule has 3 rings (SSSR count). The van der Waals surface area contributed by atoms with Gasteiger partial charge in [0, 0.05) is 18.7 Å². The molecule has 0 aliphatic carbocycles. The molecule has 0 bridgehead atoms. The normalized spacial score (nSPS) is 14.9. The average molecular weight is 460 g/mol. The Morgan fingerprint density at radius 2 is 1.68 bits per heavy atom. The molecule has 0 amide bonds. The number of aromatic nitrogens is 1. The van der Waals surface area contributed by atoms with Gasteiger partial charge in [0.05, 0.1) is 11.4 Å². The van der Waals surface area contributed by atoms with E-state index in [0.717, 1.165) is 31.0 Å². The molecule has 0 atom stereocenters. The lowest BCUT2D eigenvalue weighted by Gasteiger charge is -2.14. The van der Waals surface area contributed by atoms with Crippen molar-refractivity contribution in [3.05, 3.63) is 77.1 Å². The van der Waals surface area contributed by atoms with Gasteiger partial charge in [-0.2, -0.15) is 0 Å². The van der Waals surface area contributed by atoms with Gasteiger partial charge in [0.15, 0.2) is 0 Å². The van der Waals surface area contributed by atoms with Crippen LogP contribution >= 0.6 is 0 Å². The number of hydrogen-bond acceptors (Lipinski definition) is 3. The zero-order chi connectivity index (χ0) is 23.8. The Hall–Kier alpha value is -2.23. The number of likely N-dealkylation sites (tertiary alicyclic amines) is 1. The molecule has 1 aliphatic heterocycles. The molecule has 1 saturated heterocycles. The molecule has 1 aromatic carbocycles. The SMILES string of the molecule is CCCCCCCCCNC/C=C/c1cccc(/C(=C/CN2CCCC2)c2ccc(C)cc2)n1. The van der Waals surface area contributed by atoms with E-state index < -0.39 is 0 Å². The van der Waals surface area contributed by atoms with E-state index in [9.17, 15) is 0 Å². The predicted octanol–water partition coefficient (Wildman–Crippen LogP) is 7.27. The number of benzene rings is 1. The van der Waals surface area contributed by atoms with Gasteiger partial charge in [-0.15, -0.1) is 0 Å². The molecule has 2 heterocycles. The Kier molecular flexibility index (Phi) is 12.1. The van der Waals surface area contributed by atoms with E-state index in [-0.39, 0.29) is 0 Å². The third-order valence-electron chi connectivity index (χ3n) is 6.67. The van der Waals surface area contributed by atoms with Crippen LogP contribution in [0, 0.1) is 6.92 Å². The van der Waals surface area contributed by atoms with Crippen LogP contribution in [0.2, 0.25) is 0 Å². The minimum atomic E-state index is 0.900. The topological polar surface area (TPSA) is 28.2 Å². The fourth-order valence-electron chi connectivity index (χ4n) is 4.56. The van der Waals surface area contributed by atoms with Crippen molar-refractivity contribution in [2.75, 3.05) is 32.7 Å². The van der Waals surface area contributed by atoms with E-state index in [1.807, 2.05) is 0 Å². The van der Waals surface area contributed by atoms with Crippen molar-refractivity contribution in [2.24, 2.45) is 0 Å². The summed E-state index contributed by atoms with van der Waals surface area (Å²) in [5, 5.41) is 3.55. The highest BCUT2D eigenvalue weighted by atomic mass is 15.1. The summed E-state index contributed by atoms with van der Waals surface area (Å²) >= 11 is 0. The fraction of sp³-hybridized carbons (Fsp3) is 0.516. The Bertz CT molecular complexity index is 876. The number of nitrogens with zero attached hydrogens (tertiary/aromatic N) is 2. The van der Waals surface area contributed by atoms with Crippen molar-refractivity contribution >= 4 is 11.6 Å². The molecule has 1 N–H and O–H groups in total. The first-order valence-electron chi connectivity index (χ1n) is 13.6. The molecular formula is C31H45N3. The van der Waals surface area contributed by atoms with Gasteiger partial charge < -0.3 is 5.32 Å². The first-order valence-corrected chi connectivity index (χ1v) is 13.6. The average Bonchev–Trinajstić information content (AvgIpc) is 3.38. The molecule has 1 fully saturated rings. The number of rotatable bonds is 15. The maximum Gasteiger partial charge on any atom is 0.0712 e. The van der Waals surface area contributed by atoms with Gasteiger partial charge in [-0.3, -0.25) is 4.90 Å². The molecule has 0 unspecified atom stereocenters. The van der Waals surface area contributed by atoms with Crippen molar-refractivity contribution < 1.29 is 0 Å². The molecular weight excluding hydrogens is 414 g/mol. The van der Waals surface area contributed by atoms with Crippen molar-refractivity contribution in [3.8, 4) is 0 Å². The van der Waals surface area contributed by atoms with Crippen LogP contribution in [0.4, 0.5) is 0 Å². The lowest BCUT2D eigenvalue weighted by atomic mass is 10.00. The lowest BCUT2D eigenvalue weighted by Crippen LogP contribution is -2.19. The Morgan fingerprint density at radius 3 is 2.44 bits per heavy atom. The molecule has 1 aromatic heterocycles. The summed E-state index contributed by atoms with van der Waals surface area (Å²) in [5.74, 6) is 0. The molecule has 1 aliphatic rings. The number of aryl methyl sites for hydroxylation is 1. The largest absolute Gasteiger partial charge is 0.313 e. The molecule has 3 nitrogen and oxygen atoms in total. The van der Waals surface area contributed by atoms with Gasteiger partial charge in [0.2, 0.25) is 0 Å². The first kappa shape index (κ1) is 26.4. The van der Waals surface area contributed by atoms with Gasteiger partial charge in [-0.25, -0.2) is 4.98 Å². The Morgan fingerprint density at radius 1 is 0.941 bits per heavy atom. The van der Waals surface area contributed by atoms with Crippen LogP contribution in [0.15, 0.2) is 54.6 Å². The lowest BCUT2D eigenvalue weighted by molar-refractivity contribution is 0.377. The van der Waals surface area contributed by atoms with Crippen LogP contribution < -0.4 is 5.32 Å². The first-order chi connectivity index (χ1) is 16.8. The van der Waals surface area contributed by atoms with Crippen molar-refractivity contribution in [1.82, 2.24) is 15.2 Å². The zero-order valence-corrected chi connectivity index (χ0v) is 21.6. The van der Waals surface area contributed by atoms with Crippen LogP contribution in [0.25, 0.3) is 11.6 Å². The van der Waals surface area contributed by atoms with Crippen LogP contribution in [0.1, 0.15) is 87.2 Å². The summed E-state index contributed by atoms with van der Waals surface area (Å²) in [5.41, 5.74) is 5.85. The monoisotopic (exact) mass is 459 g/mol. The van der Waals surface area contributed by atoms with Gasteiger partial charge in [-0.1, -0.05) is 93.5 Å². The van der Waals surface area contributed by atoms with Crippen molar-refractivity contribution in [2.45, 2.75) is 71.6 Å². The van der Waals surface area contributed by atoms with Crippen molar-refractivity contribution in [3.63, 3.8) is 0 Å². The van der Waals surface area contributed by atoms with Crippen LogP contribution in [0.3, 0.4) is 0 Å². The van der Waals surface area contributed by atoms with Crippen molar-refractivity contribution in [1.29, 1.82) is 0 Å². The standard InChI is InChI=1S/C31H45N3/c1-3-4-5-6-7-8-9-22-32-23-13-15-29-14-12-16-31(33-29)30(21-26-34-24-10-11-25-34)28-19-17-27(2)18-20-28/h12-21,32H,3-11,22-26H2,1-2H3/b15-13+,30-21+. The summed E-state index contributed by atoms with van der Waals surface area (Å²) in [7, 11) is 0. The van der Waals surface area contributed by atoms with Gasteiger partial charge in [-0.05, 0) is 69.6 Å². The molecule has 3 heteroatoms. The molecule has 184 valence electrons. The minimum Gasteiger partial charge on any atom is -0.313 e. The molecule has 2 aromatic rings. The van der Waals surface area contributed by atoms with Crippen LogP contribution in [-0.4, -0.2) is 42.6 Å². The molecule has 0 saturated carbocycles. The zero-order valence-electron chi connectivity index (χ0n) is 21.6. The number of pyridine rings is 1. The molecule has 0 radical (unpaired) electrons. The van der Waals surface area contributed by atoms with E-state index in [1.54, 1.807) is 0 Å². The summed E-state index contributed by atoms with van der Waals surface area (Å²) in [6, 6.07) is 15.2. The Balaban J connectivity index is 1.53. The van der Waals surface area contributed by atoms with E-state index in [2.05, 4.69) is 84.8 Å². The quantitative estimate of drug-likeness (QED) is 0.284. The second kappa shape index (κ2) is 15.6. The molecule has 34 heavy (non-hydrogen) atoms. The highest BCUT2D eigenvalue weighted by molar-refractivity contribution is 5.78. The van der Waals surface area contributed by atoms with E-state index in [0.29, 0.717) is 0 Å². The summed E-state index contributed by atoms with van der Waals surface area (Å²) in [6.45, 7) is 9.83. The molecule has 0 spiro atoms. The second-order valence-electron chi connectivity index (χ2n) is 9.67. The highest BCUT2D eigenvalue weighted by Gasteiger charge is 2.12.